The number of hydrogen-bond donors (Lipinski definition) is 2. The second kappa shape index (κ2) is 3.94. The Balaban J connectivity index is 2.57. The molecule has 0 atom stereocenters. The molecule has 0 spiro atoms. The van der Waals surface area contributed by atoms with Crippen LogP contribution >= 0.6 is 0 Å². The molecule has 1 rings (SSSR count). The van der Waals surface area contributed by atoms with E-state index in [-0.39, 0.29) is 5.54 Å². The summed E-state index contributed by atoms with van der Waals surface area (Å²) >= 11 is 0. The zero-order chi connectivity index (χ0) is 11.7. The monoisotopic (exact) mass is 211 g/mol. The Hall–Kier alpha value is -0.870. The van der Waals surface area contributed by atoms with Crippen LogP contribution in [0.15, 0.2) is 12.4 Å². The summed E-state index contributed by atoms with van der Waals surface area (Å²) in [5, 5.41) is 17.4. The molecule has 0 aliphatic heterocycles. The summed E-state index contributed by atoms with van der Waals surface area (Å²) in [5.74, 6) is 0. The molecule has 1 aromatic heterocycles. The van der Waals surface area contributed by atoms with Crippen molar-refractivity contribution in [2.24, 2.45) is 7.05 Å². The van der Waals surface area contributed by atoms with Gasteiger partial charge in [0.15, 0.2) is 0 Å². The summed E-state index contributed by atoms with van der Waals surface area (Å²) in [6, 6.07) is 0. The maximum atomic E-state index is 9.95. The Labute approximate surface area is 91.3 Å². The fraction of sp³-hybridized carbons (Fsp3) is 0.727. The second-order valence-corrected chi connectivity index (χ2v) is 5.06. The van der Waals surface area contributed by atoms with E-state index in [9.17, 15) is 5.11 Å². The number of aryl methyl sites for hydroxylation is 1. The van der Waals surface area contributed by atoms with Crippen molar-refractivity contribution in [3.63, 3.8) is 0 Å². The van der Waals surface area contributed by atoms with Crippen LogP contribution in [0.1, 0.15) is 33.3 Å². The summed E-state index contributed by atoms with van der Waals surface area (Å²) in [5.41, 5.74) is 0.0349. The average Bonchev–Trinajstić information content (AvgIpc) is 2.46. The van der Waals surface area contributed by atoms with Crippen molar-refractivity contribution in [1.82, 2.24) is 15.1 Å². The van der Waals surface area contributed by atoms with Crippen molar-refractivity contribution >= 4 is 0 Å². The molecule has 0 amide bonds. The number of hydrogen-bond acceptors (Lipinski definition) is 3. The van der Waals surface area contributed by atoms with Gasteiger partial charge >= 0.3 is 0 Å². The highest BCUT2D eigenvalue weighted by molar-refractivity contribution is 5.05. The van der Waals surface area contributed by atoms with Crippen molar-refractivity contribution in [2.45, 2.75) is 45.4 Å². The summed E-state index contributed by atoms with van der Waals surface area (Å²) < 4.78 is 1.77. The Morgan fingerprint density at radius 2 is 2.00 bits per heavy atom. The lowest BCUT2D eigenvalue weighted by molar-refractivity contribution is -0.00531. The number of nitrogens with zero attached hydrogens (tertiary/aromatic N) is 2. The molecular weight excluding hydrogens is 190 g/mol. The molecule has 0 aliphatic rings. The molecule has 4 heteroatoms. The zero-order valence-corrected chi connectivity index (χ0v) is 10.2. The molecule has 15 heavy (non-hydrogen) atoms. The lowest BCUT2D eigenvalue weighted by Crippen LogP contribution is -2.55. The fourth-order valence-electron chi connectivity index (χ4n) is 1.10. The predicted octanol–water partition coefficient (Wildman–Crippen LogP) is 1.06. The van der Waals surface area contributed by atoms with E-state index in [0.29, 0.717) is 6.54 Å². The van der Waals surface area contributed by atoms with Gasteiger partial charge in [0.25, 0.3) is 0 Å². The molecule has 1 heterocycles. The molecule has 0 fully saturated rings. The van der Waals surface area contributed by atoms with Crippen molar-refractivity contribution < 1.29 is 5.11 Å². The van der Waals surface area contributed by atoms with Gasteiger partial charge in [0, 0.05) is 30.9 Å². The van der Waals surface area contributed by atoms with Crippen molar-refractivity contribution in [2.75, 3.05) is 0 Å². The second-order valence-electron chi connectivity index (χ2n) is 5.06. The first-order chi connectivity index (χ1) is 6.72. The van der Waals surface area contributed by atoms with E-state index >= 15 is 0 Å². The van der Waals surface area contributed by atoms with Gasteiger partial charge in [-0.3, -0.25) is 4.68 Å². The van der Waals surface area contributed by atoms with Crippen LogP contribution in [0.5, 0.6) is 0 Å². The van der Waals surface area contributed by atoms with E-state index in [4.69, 9.17) is 0 Å². The summed E-state index contributed by atoms with van der Waals surface area (Å²) in [6.07, 6.45) is 3.79. The van der Waals surface area contributed by atoms with E-state index in [2.05, 4.69) is 10.4 Å². The van der Waals surface area contributed by atoms with Gasteiger partial charge in [0.1, 0.15) is 0 Å². The van der Waals surface area contributed by atoms with Crippen LogP contribution in [0.3, 0.4) is 0 Å². The standard InChI is InChI=1S/C11H21N3O/c1-10(2,11(3,4)15)12-6-9-7-13-14(5)8-9/h7-8,12,15H,6H2,1-5H3. The number of aliphatic hydroxyl groups is 1. The van der Waals surface area contributed by atoms with Crippen LogP contribution in [0, 0.1) is 0 Å². The maximum Gasteiger partial charge on any atom is 0.0767 e. The van der Waals surface area contributed by atoms with E-state index in [1.54, 1.807) is 4.68 Å². The number of aromatic nitrogens is 2. The minimum absolute atomic E-state index is 0.331. The highest BCUT2D eigenvalue weighted by Gasteiger charge is 2.34. The van der Waals surface area contributed by atoms with Crippen molar-refractivity contribution in [3.05, 3.63) is 18.0 Å². The molecular formula is C11H21N3O. The fourth-order valence-corrected chi connectivity index (χ4v) is 1.10. The van der Waals surface area contributed by atoms with E-state index in [1.165, 1.54) is 0 Å². The smallest absolute Gasteiger partial charge is 0.0767 e. The minimum Gasteiger partial charge on any atom is -0.389 e. The van der Waals surface area contributed by atoms with Crippen LogP contribution in [0.25, 0.3) is 0 Å². The summed E-state index contributed by atoms with van der Waals surface area (Å²) in [7, 11) is 1.89. The maximum absolute atomic E-state index is 9.95. The molecule has 1 aromatic rings. The molecule has 0 unspecified atom stereocenters. The zero-order valence-electron chi connectivity index (χ0n) is 10.2. The Morgan fingerprint density at radius 3 is 2.40 bits per heavy atom. The molecule has 2 N–H and O–H groups in total. The van der Waals surface area contributed by atoms with Crippen molar-refractivity contribution in [1.29, 1.82) is 0 Å². The van der Waals surface area contributed by atoms with Crippen LogP contribution in [0.4, 0.5) is 0 Å². The largest absolute Gasteiger partial charge is 0.389 e. The summed E-state index contributed by atoms with van der Waals surface area (Å²) in [6.45, 7) is 8.31. The quantitative estimate of drug-likeness (QED) is 0.783. The molecule has 0 aliphatic carbocycles. The molecule has 4 nitrogen and oxygen atoms in total. The number of rotatable bonds is 4. The van der Waals surface area contributed by atoms with Crippen LogP contribution < -0.4 is 5.32 Å². The first-order valence-electron chi connectivity index (χ1n) is 5.17. The molecule has 86 valence electrons. The predicted molar refractivity (Wildman–Crippen MR) is 60.4 cm³/mol. The van der Waals surface area contributed by atoms with Gasteiger partial charge in [0.05, 0.1) is 11.8 Å². The molecule has 0 radical (unpaired) electrons. The SMILES string of the molecule is Cn1cc(CNC(C)(C)C(C)(C)O)cn1. The lowest BCUT2D eigenvalue weighted by Gasteiger charge is -2.38. The van der Waals surface area contributed by atoms with Crippen LogP contribution in [0.2, 0.25) is 0 Å². The Morgan fingerprint density at radius 1 is 1.40 bits per heavy atom. The van der Waals surface area contributed by atoms with Gasteiger partial charge in [-0.2, -0.15) is 5.10 Å². The van der Waals surface area contributed by atoms with Gasteiger partial charge in [0.2, 0.25) is 0 Å². The van der Waals surface area contributed by atoms with Gasteiger partial charge in [-0.1, -0.05) is 0 Å². The third kappa shape index (κ3) is 3.04. The first kappa shape index (κ1) is 12.2. The highest BCUT2D eigenvalue weighted by Crippen LogP contribution is 2.20. The molecule has 0 bridgehead atoms. The van der Waals surface area contributed by atoms with Gasteiger partial charge in [-0.25, -0.2) is 0 Å². The van der Waals surface area contributed by atoms with E-state index < -0.39 is 5.60 Å². The third-order valence-corrected chi connectivity index (χ3v) is 3.02. The topological polar surface area (TPSA) is 50.1 Å². The molecule has 0 aromatic carbocycles. The van der Waals surface area contributed by atoms with Crippen molar-refractivity contribution in [3.8, 4) is 0 Å². The van der Waals surface area contributed by atoms with Gasteiger partial charge in [-0.05, 0) is 27.7 Å². The minimum atomic E-state index is -0.755. The van der Waals surface area contributed by atoms with Crippen LogP contribution in [-0.2, 0) is 13.6 Å². The third-order valence-electron chi connectivity index (χ3n) is 3.02. The Bertz CT molecular complexity index is 323. The number of nitrogens with one attached hydrogen (secondary N) is 1. The molecule has 0 saturated carbocycles. The lowest BCUT2D eigenvalue weighted by atomic mass is 9.86. The van der Waals surface area contributed by atoms with E-state index in [1.807, 2.05) is 47.1 Å². The Kier molecular flexibility index (Phi) is 3.21. The first-order valence-corrected chi connectivity index (χ1v) is 5.17. The van der Waals surface area contributed by atoms with Gasteiger partial charge < -0.3 is 10.4 Å². The normalized spacial score (nSPS) is 13.2. The molecule has 0 saturated heterocycles. The highest BCUT2D eigenvalue weighted by atomic mass is 16.3. The van der Waals surface area contributed by atoms with Gasteiger partial charge in [-0.15, -0.1) is 0 Å². The average molecular weight is 211 g/mol. The summed E-state index contributed by atoms with van der Waals surface area (Å²) in [4.78, 5) is 0. The van der Waals surface area contributed by atoms with E-state index in [0.717, 1.165) is 5.56 Å². The van der Waals surface area contributed by atoms with Crippen LogP contribution in [-0.4, -0.2) is 26.0 Å².